The van der Waals surface area contributed by atoms with Gasteiger partial charge in [0.25, 0.3) is 0 Å². The van der Waals surface area contributed by atoms with E-state index < -0.39 is 29.7 Å². The number of nitrogens with one attached hydrogen (secondary N) is 1. The van der Waals surface area contributed by atoms with Crippen LogP contribution in [0.5, 0.6) is 0 Å². The van der Waals surface area contributed by atoms with E-state index in [9.17, 15) is 18.4 Å². The lowest BCUT2D eigenvalue weighted by Gasteiger charge is -2.22. The van der Waals surface area contributed by atoms with Crippen molar-refractivity contribution >= 4 is 17.5 Å². The van der Waals surface area contributed by atoms with Gasteiger partial charge in [-0.15, -0.1) is 0 Å². The molecule has 1 aliphatic heterocycles. The van der Waals surface area contributed by atoms with Crippen LogP contribution in [0.15, 0.2) is 18.2 Å². The Morgan fingerprint density at radius 3 is 2.41 bits per heavy atom. The molecule has 1 aromatic rings. The molecule has 0 spiro atoms. The van der Waals surface area contributed by atoms with Crippen LogP contribution in [0.25, 0.3) is 0 Å². The van der Waals surface area contributed by atoms with E-state index in [1.807, 2.05) is 0 Å². The molecule has 2 aliphatic rings. The Balaban J connectivity index is 1.58. The maximum atomic E-state index is 13.9. The third kappa shape index (κ3) is 4.64. The lowest BCUT2D eigenvalue weighted by molar-refractivity contribution is -0.138. The van der Waals surface area contributed by atoms with Crippen LogP contribution < -0.4 is 10.2 Å². The standard InChI is InChI=1S/C20H26F2N2O3/c1-13(27-14-7-4-2-3-5-8-14)19(25)23-17-11-12-24(20(17)26)18-15(21)9-6-10-16(18)22/h6,9-10,13-14,17H,2-5,7-8,11-12H2,1H3,(H,23,25)/t13-,17+/m1/s1. The van der Waals surface area contributed by atoms with Crippen molar-refractivity contribution in [2.75, 3.05) is 11.4 Å². The normalized spacial score (nSPS) is 22.6. The number of para-hydroxylation sites is 1. The Hall–Kier alpha value is -2.02. The molecule has 1 aromatic carbocycles. The highest BCUT2D eigenvalue weighted by atomic mass is 19.1. The van der Waals surface area contributed by atoms with Gasteiger partial charge in [0, 0.05) is 6.54 Å². The summed E-state index contributed by atoms with van der Waals surface area (Å²) in [4.78, 5) is 26.0. The lowest BCUT2D eigenvalue weighted by atomic mass is 10.1. The molecule has 2 amide bonds. The van der Waals surface area contributed by atoms with Gasteiger partial charge in [-0.1, -0.05) is 31.7 Å². The summed E-state index contributed by atoms with van der Waals surface area (Å²) in [6, 6.07) is 2.68. The van der Waals surface area contributed by atoms with Gasteiger partial charge in [0.05, 0.1) is 6.10 Å². The number of nitrogens with zero attached hydrogens (tertiary/aromatic N) is 1. The maximum Gasteiger partial charge on any atom is 0.249 e. The zero-order valence-corrected chi connectivity index (χ0v) is 15.5. The van der Waals surface area contributed by atoms with E-state index in [1.165, 1.54) is 18.9 Å². The average molecular weight is 380 g/mol. The van der Waals surface area contributed by atoms with Gasteiger partial charge in [-0.2, -0.15) is 0 Å². The second-order valence-electron chi connectivity index (χ2n) is 7.30. The number of hydrogen-bond donors (Lipinski definition) is 1. The summed E-state index contributed by atoms with van der Waals surface area (Å²) in [5.41, 5.74) is -0.359. The van der Waals surface area contributed by atoms with Crippen LogP contribution in [0.4, 0.5) is 14.5 Å². The van der Waals surface area contributed by atoms with Crippen molar-refractivity contribution < 1.29 is 23.1 Å². The van der Waals surface area contributed by atoms with Crippen LogP contribution >= 0.6 is 0 Å². The minimum absolute atomic E-state index is 0.0662. The molecule has 27 heavy (non-hydrogen) atoms. The van der Waals surface area contributed by atoms with Gasteiger partial charge in [0.2, 0.25) is 11.8 Å². The quantitative estimate of drug-likeness (QED) is 0.798. The molecule has 7 heteroatoms. The van der Waals surface area contributed by atoms with Crippen molar-refractivity contribution in [1.29, 1.82) is 0 Å². The Morgan fingerprint density at radius 2 is 1.78 bits per heavy atom. The molecule has 1 N–H and O–H groups in total. The van der Waals surface area contributed by atoms with Crippen LogP contribution in [0.1, 0.15) is 51.9 Å². The molecule has 2 atom stereocenters. The number of anilines is 1. The largest absolute Gasteiger partial charge is 0.365 e. The van der Waals surface area contributed by atoms with Gasteiger partial charge >= 0.3 is 0 Å². The number of hydrogen-bond acceptors (Lipinski definition) is 3. The molecule has 2 fully saturated rings. The van der Waals surface area contributed by atoms with Crippen molar-refractivity contribution in [3.8, 4) is 0 Å². The van der Waals surface area contributed by atoms with Crippen LogP contribution in [-0.2, 0) is 14.3 Å². The number of carbonyl (C=O) groups excluding carboxylic acids is 2. The van der Waals surface area contributed by atoms with Crippen molar-refractivity contribution in [1.82, 2.24) is 5.32 Å². The topological polar surface area (TPSA) is 58.6 Å². The monoisotopic (exact) mass is 380 g/mol. The highest BCUT2D eigenvalue weighted by Gasteiger charge is 2.37. The van der Waals surface area contributed by atoms with Crippen molar-refractivity contribution in [3.63, 3.8) is 0 Å². The van der Waals surface area contributed by atoms with Crippen molar-refractivity contribution in [3.05, 3.63) is 29.8 Å². The SMILES string of the molecule is C[C@@H](OC1CCCCCC1)C(=O)N[C@H]1CCN(c2c(F)cccc2F)C1=O. The number of rotatable bonds is 5. The molecule has 0 aromatic heterocycles. The molecule has 148 valence electrons. The van der Waals surface area contributed by atoms with Gasteiger partial charge in [0.15, 0.2) is 0 Å². The highest BCUT2D eigenvalue weighted by molar-refractivity contribution is 6.01. The summed E-state index contributed by atoms with van der Waals surface area (Å²) in [7, 11) is 0. The van der Waals surface area contributed by atoms with Gasteiger partial charge < -0.3 is 15.0 Å². The second-order valence-corrected chi connectivity index (χ2v) is 7.30. The fourth-order valence-electron chi connectivity index (χ4n) is 3.80. The molecule has 0 unspecified atom stereocenters. The van der Waals surface area contributed by atoms with Crippen LogP contribution in [0.3, 0.4) is 0 Å². The first-order chi connectivity index (χ1) is 13.0. The first-order valence-corrected chi connectivity index (χ1v) is 9.68. The summed E-state index contributed by atoms with van der Waals surface area (Å²) < 4.78 is 33.8. The Kier molecular flexibility index (Phi) is 6.42. The predicted molar refractivity (Wildman–Crippen MR) is 97.3 cm³/mol. The van der Waals surface area contributed by atoms with E-state index in [-0.39, 0.29) is 24.2 Å². The van der Waals surface area contributed by atoms with Gasteiger partial charge in [-0.05, 0) is 38.3 Å². The third-order valence-electron chi connectivity index (χ3n) is 5.30. The molecule has 0 radical (unpaired) electrons. The van der Waals surface area contributed by atoms with Crippen LogP contribution in [-0.4, -0.2) is 36.6 Å². The summed E-state index contributed by atoms with van der Waals surface area (Å²) >= 11 is 0. The number of carbonyl (C=O) groups is 2. The van der Waals surface area contributed by atoms with E-state index >= 15 is 0 Å². The number of halogens is 2. The predicted octanol–water partition coefficient (Wildman–Crippen LogP) is 3.31. The van der Waals surface area contributed by atoms with Crippen molar-refractivity contribution in [2.24, 2.45) is 0 Å². The van der Waals surface area contributed by atoms with E-state index in [0.717, 1.165) is 42.7 Å². The highest BCUT2D eigenvalue weighted by Crippen LogP contribution is 2.28. The number of benzene rings is 1. The average Bonchev–Trinajstić information content (AvgIpc) is 2.84. The van der Waals surface area contributed by atoms with Gasteiger partial charge in [-0.3, -0.25) is 9.59 Å². The van der Waals surface area contributed by atoms with Gasteiger partial charge in [-0.25, -0.2) is 8.78 Å². The van der Waals surface area contributed by atoms with Gasteiger partial charge in [0.1, 0.15) is 29.5 Å². The fraction of sp³-hybridized carbons (Fsp3) is 0.600. The molecule has 3 rings (SSSR count). The molecule has 5 nitrogen and oxygen atoms in total. The fourth-order valence-corrected chi connectivity index (χ4v) is 3.80. The smallest absolute Gasteiger partial charge is 0.249 e. The Labute approximate surface area is 158 Å². The minimum atomic E-state index is -0.795. The maximum absolute atomic E-state index is 13.9. The molecular formula is C20H26F2N2O3. The Morgan fingerprint density at radius 1 is 1.15 bits per heavy atom. The van der Waals surface area contributed by atoms with E-state index in [2.05, 4.69) is 5.32 Å². The summed E-state index contributed by atoms with van der Waals surface area (Å²) in [6.07, 6.45) is 6.18. The molecule has 0 bridgehead atoms. The van der Waals surface area contributed by atoms with Crippen molar-refractivity contribution in [2.45, 2.75) is 70.1 Å². The summed E-state index contributed by atoms with van der Waals surface area (Å²) in [5, 5.41) is 2.67. The van der Waals surface area contributed by atoms with E-state index in [1.54, 1.807) is 6.92 Å². The Bertz CT molecular complexity index is 670. The molecule has 1 heterocycles. The number of ether oxygens (including phenoxy) is 1. The zero-order chi connectivity index (χ0) is 19.4. The van der Waals surface area contributed by atoms with E-state index in [0.29, 0.717) is 6.42 Å². The summed E-state index contributed by atoms with van der Waals surface area (Å²) in [5.74, 6) is -2.46. The van der Waals surface area contributed by atoms with E-state index in [4.69, 9.17) is 4.74 Å². The first kappa shape index (κ1) is 19.7. The molecule has 1 saturated carbocycles. The molecule has 1 saturated heterocycles. The van der Waals surface area contributed by atoms with Crippen LogP contribution in [0.2, 0.25) is 0 Å². The minimum Gasteiger partial charge on any atom is -0.365 e. The molecule has 1 aliphatic carbocycles. The molecular weight excluding hydrogens is 354 g/mol. The first-order valence-electron chi connectivity index (χ1n) is 9.68. The van der Waals surface area contributed by atoms with Crippen LogP contribution in [0, 0.1) is 11.6 Å². The zero-order valence-electron chi connectivity index (χ0n) is 15.5. The lowest BCUT2D eigenvalue weighted by Crippen LogP contribution is -2.46. The second kappa shape index (κ2) is 8.78. The number of amides is 2. The third-order valence-corrected chi connectivity index (χ3v) is 5.30. The summed E-state index contributed by atoms with van der Waals surface area (Å²) in [6.45, 7) is 1.83.